The first-order valence-electron chi connectivity index (χ1n) is 8.42. The van der Waals surface area contributed by atoms with Crippen LogP contribution in [0.3, 0.4) is 0 Å². The minimum absolute atomic E-state index is 0.0499. The Morgan fingerprint density at radius 1 is 1.39 bits per heavy atom. The highest BCUT2D eigenvalue weighted by Crippen LogP contribution is 2.40. The van der Waals surface area contributed by atoms with Gasteiger partial charge >= 0.3 is 0 Å². The molecule has 0 aromatic carbocycles. The average molecular weight is 314 g/mol. The Bertz CT molecular complexity index is 750. The minimum Gasteiger partial charge on any atom is -0.348 e. The van der Waals surface area contributed by atoms with Crippen LogP contribution in [0.25, 0.3) is 11.1 Å². The van der Waals surface area contributed by atoms with Gasteiger partial charge in [-0.05, 0) is 44.7 Å². The fraction of sp³-hybridized carbons (Fsp3) is 0.588. The maximum Gasteiger partial charge on any atom is 0.259 e. The molecule has 6 heteroatoms. The topological polar surface area (TPSA) is 80.0 Å². The lowest BCUT2D eigenvalue weighted by molar-refractivity contribution is 0.0916. The Hall–Kier alpha value is -1.95. The van der Waals surface area contributed by atoms with Crippen molar-refractivity contribution in [2.75, 3.05) is 13.1 Å². The van der Waals surface area contributed by atoms with E-state index in [-0.39, 0.29) is 11.9 Å². The van der Waals surface area contributed by atoms with Gasteiger partial charge in [0, 0.05) is 24.2 Å². The van der Waals surface area contributed by atoms with Gasteiger partial charge in [0.1, 0.15) is 0 Å². The van der Waals surface area contributed by atoms with Gasteiger partial charge in [-0.25, -0.2) is 4.98 Å². The summed E-state index contributed by atoms with van der Waals surface area (Å²) in [5.41, 5.74) is 2.80. The molecule has 0 spiro atoms. The number of hydrogen-bond acceptors (Lipinski definition) is 5. The van der Waals surface area contributed by atoms with E-state index in [9.17, 15) is 4.79 Å². The standard InChI is InChI=1S/C17H22N4O2/c1-9-5-6-18-8-14(9)19-16(22)12-7-13(11-3-4-11)20-17-15(12)10(2)21-23-17/h7,9,11,14,18H,3-6,8H2,1-2H3,(H,19,22). The van der Waals surface area contributed by atoms with Crippen LogP contribution in [-0.4, -0.2) is 35.2 Å². The highest BCUT2D eigenvalue weighted by atomic mass is 16.5. The highest BCUT2D eigenvalue weighted by molar-refractivity contribution is 6.06. The maximum absolute atomic E-state index is 12.9. The number of nitrogens with one attached hydrogen (secondary N) is 2. The van der Waals surface area contributed by atoms with Gasteiger partial charge in [0.15, 0.2) is 0 Å². The Balaban J connectivity index is 1.68. The Morgan fingerprint density at radius 2 is 2.22 bits per heavy atom. The van der Waals surface area contributed by atoms with Gasteiger partial charge in [0.2, 0.25) is 0 Å². The third-order valence-electron chi connectivity index (χ3n) is 5.02. The van der Waals surface area contributed by atoms with Crippen LogP contribution >= 0.6 is 0 Å². The van der Waals surface area contributed by atoms with Crippen molar-refractivity contribution < 1.29 is 9.32 Å². The third kappa shape index (κ3) is 2.72. The zero-order chi connectivity index (χ0) is 16.0. The second kappa shape index (κ2) is 5.60. The Labute approximate surface area is 135 Å². The molecule has 1 aliphatic heterocycles. The van der Waals surface area contributed by atoms with Gasteiger partial charge < -0.3 is 15.2 Å². The molecule has 2 aromatic heterocycles. The lowest BCUT2D eigenvalue weighted by Gasteiger charge is -2.30. The highest BCUT2D eigenvalue weighted by Gasteiger charge is 2.30. The first-order valence-corrected chi connectivity index (χ1v) is 8.42. The van der Waals surface area contributed by atoms with Crippen molar-refractivity contribution in [3.8, 4) is 0 Å². The first kappa shape index (κ1) is 14.6. The zero-order valence-corrected chi connectivity index (χ0v) is 13.6. The summed E-state index contributed by atoms with van der Waals surface area (Å²) in [5.74, 6) is 0.891. The van der Waals surface area contributed by atoms with Gasteiger partial charge in [-0.2, -0.15) is 0 Å². The van der Waals surface area contributed by atoms with E-state index in [4.69, 9.17) is 4.52 Å². The van der Waals surface area contributed by atoms with Crippen molar-refractivity contribution in [2.24, 2.45) is 5.92 Å². The lowest BCUT2D eigenvalue weighted by atomic mass is 9.94. The second-order valence-corrected chi connectivity index (χ2v) is 6.87. The molecule has 1 aliphatic carbocycles. The number of hydrogen-bond donors (Lipinski definition) is 2. The van der Waals surface area contributed by atoms with Crippen molar-refractivity contribution in [2.45, 2.75) is 45.1 Å². The summed E-state index contributed by atoms with van der Waals surface area (Å²) in [6, 6.07) is 2.09. The van der Waals surface area contributed by atoms with E-state index < -0.39 is 0 Å². The molecule has 1 amide bonds. The number of amides is 1. The van der Waals surface area contributed by atoms with Gasteiger partial charge in [0.25, 0.3) is 11.6 Å². The van der Waals surface area contributed by atoms with Gasteiger partial charge in [-0.3, -0.25) is 4.79 Å². The molecule has 4 rings (SSSR count). The van der Waals surface area contributed by atoms with Crippen LogP contribution in [0.5, 0.6) is 0 Å². The molecule has 2 aliphatic rings. The van der Waals surface area contributed by atoms with E-state index in [0.717, 1.165) is 49.1 Å². The van der Waals surface area contributed by atoms with Crippen LogP contribution in [0.4, 0.5) is 0 Å². The van der Waals surface area contributed by atoms with Crippen LogP contribution in [-0.2, 0) is 0 Å². The molecule has 122 valence electrons. The van der Waals surface area contributed by atoms with Crippen molar-refractivity contribution in [3.63, 3.8) is 0 Å². The fourth-order valence-electron chi connectivity index (χ4n) is 3.31. The van der Waals surface area contributed by atoms with Crippen LogP contribution in [0, 0.1) is 12.8 Å². The van der Waals surface area contributed by atoms with Gasteiger partial charge in [-0.15, -0.1) is 0 Å². The van der Waals surface area contributed by atoms with E-state index in [1.165, 1.54) is 0 Å². The average Bonchev–Trinajstić information content (AvgIpc) is 3.33. The molecule has 2 atom stereocenters. The predicted molar refractivity (Wildman–Crippen MR) is 86.4 cm³/mol. The van der Waals surface area contributed by atoms with E-state index >= 15 is 0 Å². The quantitative estimate of drug-likeness (QED) is 0.907. The minimum atomic E-state index is -0.0499. The van der Waals surface area contributed by atoms with E-state index in [1.54, 1.807) is 0 Å². The summed E-state index contributed by atoms with van der Waals surface area (Å²) in [7, 11) is 0. The van der Waals surface area contributed by atoms with E-state index in [2.05, 4.69) is 27.7 Å². The second-order valence-electron chi connectivity index (χ2n) is 6.87. The number of piperidine rings is 1. The van der Waals surface area contributed by atoms with E-state index in [0.29, 0.717) is 23.1 Å². The number of aromatic nitrogens is 2. The number of carbonyl (C=O) groups is 1. The Morgan fingerprint density at radius 3 is 2.96 bits per heavy atom. The molecule has 2 fully saturated rings. The molecular formula is C17H22N4O2. The Kier molecular flexibility index (Phi) is 3.56. The molecule has 1 saturated carbocycles. The predicted octanol–water partition coefficient (Wildman–Crippen LogP) is 2.14. The van der Waals surface area contributed by atoms with Gasteiger partial charge in [0.05, 0.1) is 16.6 Å². The molecule has 6 nitrogen and oxygen atoms in total. The lowest BCUT2D eigenvalue weighted by Crippen LogP contribution is -2.50. The normalized spacial score (nSPS) is 24.8. The molecule has 2 aromatic rings. The molecule has 3 heterocycles. The van der Waals surface area contributed by atoms with Crippen molar-refractivity contribution in [3.05, 3.63) is 23.0 Å². The van der Waals surface area contributed by atoms with Crippen LogP contribution < -0.4 is 10.6 Å². The molecule has 0 radical (unpaired) electrons. The maximum atomic E-state index is 12.9. The van der Waals surface area contributed by atoms with Gasteiger partial charge in [-0.1, -0.05) is 12.1 Å². The number of pyridine rings is 1. The number of rotatable bonds is 3. The monoisotopic (exact) mass is 314 g/mol. The number of carbonyl (C=O) groups excluding carboxylic acids is 1. The molecule has 2 unspecified atom stereocenters. The summed E-state index contributed by atoms with van der Waals surface area (Å²) >= 11 is 0. The number of fused-ring (bicyclic) bond motifs is 1. The number of aryl methyl sites for hydroxylation is 1. The summed E-state index contributed by atoms with van der Waals surface area (Å²) in [4.78, 5) is 17.4. The largest absolute Gasteiger partial charge is 0.348 e. The van der Waals surface area contributed by atoms with E-state index in [1.807, 2.05) is 13.0 Å². The summed E-state index contributed by atoms with van der Waals surface area (Å²) in [5, 5.41) is 11.3. The fourth-order valence-corrected chi connectivity index (χ4v) is 3.31. The molecule has 23 heavy (non-hydrogen) atoms. The van der Waals surface area contributed by atoms with Crippen LogP contribution in [0.15, 0.2) is 10.6 Å². The van der Waals surface area contributed by atoms with Crippen LogP contribution in [0.1, 0.15) is 53.8 Å². The van der Waals surface area contributed by atoms with Crippen LogP contribution in [0.2, 0.25) is 0 Å². The molecule has 0 bridgehead atoms. The molecule has 1 saturated heterocycles. The van der Waals surface area contributed by atoms with Crippen molar-refractivity contribution >= 4 is 17.0 Å². The smallest absolute Gasteiger partial charge is 0.259 e. The summed E-state index contributed by atoms with van der Waals surface area (Å²) < 4.78 is 5.32. The first-order chi connectivity index (χ1) is 11.1. The zero-order valence-electron chi connectivity index (χ0n) is 13.6. The molecule has 2 N–H and O–H groups in total. The summed E-state index contributed by atoms with van der Waals surface area (Å²) in [6.07, 6.45) is 3.35. The molecular weight excluding hydrogens is 292 g/mol. The number of nitrogens with zero attached hydrogens (tertiary/aromatic N) is 2. The summed E-state index contributed by atoms with van der Waals surface area (Å²) in [6.45, 7) is 5.88. The van der Waals surface area contributed by atoms with Crippen molar-refractivity contribution in [1.82, 2.24) is 20.8 Å². The SMILES string of the molecule is Cc1noc2nc(C3CC3)cc(C(=O)NC3CNCCC3C)c12. The van der Waals surface area contributed by atoms with Crippen molar-refractivity contribution in [1.29, 1.82) is 0 Å². The third-order valence-corrected chi connectivity index (χ3v) is 5.02.